The van der Waals surface area contributed by atoms with E-state index in [0.29, 0.717) is 24.1 Å². The maximum atomic E-state index is 13.6. The lowest BCUT2D eigenvalue weighted by Gasteiger charge is -2.37. The number of fused-ring (bicyclic) bond motifs is 3. The van der Waals surface area contributed by atoms with E-state index >= 15 is 0 Å². The Labute approximate surface area is 175 Å². The molecule has 156 valence electrons. The van der Waals surface area contributed by atoms with Crippen molar-refractivity contribution in [3.8, 4) is 0 Å². The zero-order valence-electron chi connectivity index (χ0n) is 17.5. The van der Waals surface area contributed by atoms with Gasteiger partial charge in [-0.2, -0.15) is 0 Å². The number of para-hydroxylation sites is 2. The van der Waals surface area contributed by atoms with Gasteiger partial charge in [0.15, 0.2) is 5.92 Å². The van der Waals surface area contributed by atoms with Crippen molar-refractivity contribution >= 4 is 28.9 Å². The van der Waals surface area contributed by atoms with Gasteiger partial charge < -0.3 is 4.74 Å². The molecule has 7 heteroatoms. The summed E-state index contributed by atoms with van der Waals surface area (Å²) in [4.78, 5) is 37.5. The Balaban J connectivity index is 1.95. The number of rotatable bonds is 6. The van der Waals surface area contributed by atoms with Crippen molar-refractivity contribution < 1.29 is 14.3 Å². The number of imidazole rings is 1. The van der Waals surface area contributed by atoms with E-state index in [-0.39, 0.29) is 12.5 Å². The lowest BCUT2D eigenvalue weighted by atomic mass is 9.92. The highest BCUT2D eigenvalue weighted by atomic mass is 16.5. The first kappa shape index (κ1) is 20.1. The number of hydrogen-bond donors (Lipinski definition) is 0. The normalized spacial score (nSPS) is 18.7. The molecule has 0 spiro atoms. The number of ether oxygens (including phenoxy) is 1. The van der Waals surface area contributed by atoms with Crippen molar-refractivity contribution in [2.45, 2.75) is 33.2 Å². The van der Waals surface area contributed by atoms with E-state index in [1.54, 1.807) is 18.0 Å². The second-order valence-corrected chi connectivity index (χ2v) is 7.87. The average Bonchev–Trinajstić information content (AvgIpc) is 3.12. The van der Waals surface area contributed by atoms with Crippen LogP contribution in [0.1, 0.15) is 38.9 Å². The van der Waals surface area contributed by atoms with Crippen LogP contribution in [0.2, 0.25) is 0 Å². The van der Waals surface area contributed by atoms with Crippen molar-refractivity contribution in [2.75, 3.05) is 18.1 Å². The van der Waals surface area contributed by atoms with Gasteiger partial charge >= 0.3 is 5.97 Å². The first-order valence-corrected chi connectivity index (χ1v) is 10.4. The van der Waals surface area contributed by atoms with Crippen LogP contribution in [0, 0.1) is 11.8 Å². The molecule has 0 saturated carbocycles. The molecule has 3 aromatic rings. The number of aromatic nitrogens is 3. The van der Waals surface area contributed by atoms with Crippen molar-refractivity contribution in [1.29, 1.82) is 0 Å². The van der Waals surface area contributed by atoms with Gasteiger partial charge in [0.1, 0.15) is 6.04 Å². The van der Waals surface area contributed by atoms with E-state index in [1.165, 1.54) is 0 Å². The Hall–Kier alpha value is -3.22. The molecule has 1 aliphatic rings. The van der Waals surface area contributed by atoms with E-state index in [1.807, 2.05) is 47.0 Å². The van der Waals surface area contributed by atoms with Gasteiger partial charge in [-0.25, -0.2) is 4.98 Å². The van der Waals surface area contributed by atoms with E-state index in [0.717, 1.165) is 17.5 Å². The highest BCUT2D eigenvalue weighted by Gasteiger charge is 2.48. The van der Waals surface area contributed by atoms with Crippen LogP contribution in [-0.4, -0.2) is 39.6 Å². The highest BCUT2D eigenvalue weighted by Crippen LogP contribution is 2.40. The summed E-state index contributed by atoms with van der Waals surface area (Å²) in [6.45, 7) is 6.66. The fourth-order valence-electron chi connectivity index (χ4n) is 3.96. The summed E-state index contributed by atoms with van der Waals surface area (Å²) in [6, 6.07) is 12.6. The molecule has 3 heterocycles. The molecule has 1 aromatic carbocycles. The number of carbonyl (C=O) groups excluding carboxylic acids is 2. The van der Waals surface area contributed by atoms with Crippen molar-refractivity contribution in [2.24, 2.45) is 11.8 Å². The molecule has 0 radical (unpaired) electrons. The lowest BCUT2D eigenvalue weighted by molar-refractivity contribution is -0.153. The first-order valence-electron chi connectivity index (χ1n) is 10.4. The Morgan fingerprint density at radius 3 is 2.63 bits per heavy atom. The van der Waals surface area contributed by atoms with Crippen molar-refractivity contribution in [1.82, 2.24) is 14.5 Å². The maximum Gasteiger partial charge on any atom is 0.321 e. The molecule has 0 N–H and O–H groups in total. The Morgan fingerprint density at radius 2 is 1.93 bits per heavy atom. The molecule has 1 amide bonds. The van der Waals surface area contributed by atoms with Gasteiger partial charge in [-0.3, -0.25) is 24.0 Å². The Morgan fingerprint density at radius 1 is 1.17 bits per heavy atom. The third kappa shape index (κ3) is 3.44. The molecule has 30 heavy (non-hydrogen) atoms. The van der Waals surface area contributed by atoms with Gasteiger partial charge in [-0.15, -0.1) is 0 Å². The van der Waals surface area contributed by atoms with Crippen LogP contribution in [0.5, 0.6) is 0 Å². The van der Waals surface area contributed by atoms with E-state index < -0.39 is 17.9 Å². The summed E-state index contributed by atoms with van der Waals surface area (Å²) in [6.07, 6.45) is 2.48. The number of benzene rings is 1. The second-order valence-electron chi connectivity index (χ2n) is 7.87. The molecule has 4 rings (SSSR count). The van der Waals surface area contributed by atoms with Gasteiger partial charge in [-0.05, 0) is 43.5 Å². The monoisotopic (exact) mass is 406 g/mol. The van der Waals surface area contributed by atoms with Crippen LogP contribution in [0.25, 0.3) is 11.0 Å². The summed E-state index contributed by atoms with van der Waals surface area (Å²) in [5.74, 6) is -0.871. The predicted molar refractivity (Wildman–Crippen MR) is 114 cm³/mol. The van der Waals surface area contributed by atoms with Crippen LogP contribution in [-0.2, 0) is 14.3 Å². The van der Waals surface area contributed by atoms with E-state index in [2.05, 4.69) is 18.8 Å². The lowest BCUT2D eigenvalue weighted by Crippen LogP contribution is -2.50. The highest BCUT2D eigenvalue weighted by molar-refractivity contribution is 6.08. The fourth-order valence-corrected chi connectivity index (χ4v) is 3.96. The van der Waals surface area contributed by atoms with Crippen LogP contribution < -0.4 is 4.90 Å². The summed E-state index contributed by atoms with van der Waals surface area (Å²) >= 11 is 0. The number of amides is 1. The van der Waals surface area contributed by atoms with Gasteiger partial charge in [0.25, 0.3) is 0 Å². The van der Waals surface area contributed by atoms with Crippen LogP contribution >= 0.6 is 0 Å². The van der Waals surface area contributed by atoms with Crippen LogP contribution in [0.15, 0.2) is 48.7 Å². The number of hydrogen-bond acceptors (Lipinski definition) is 5. The quantitative estimate of drug-likeness (QED) is 0.462. The molecule has 0 saturated heterocycles. The molecular formula is C23H26N4O3. The minimum atomic E-state index is -1.02. The molecule has 0 unspecified atom stereocenters. The molecule has 0 bridgehead atoms. The Bertz CT molecular complexity index is 1060. The summed E-state index contributed by atoms with van der Waals surface area (Å²) in [5.41, 5.74) is 2.27. The summed E-state index contributed by atoms with van der Waals surface area (Å²) in [7, 11) is 0. The number of carbonyl (C=O) groups is 2. The van der Waals surface area contributed by atoms with Gasteiger partial charge in [0.2, 0.25) is 11.9 Å². The molecule has 0 fully saturated rings. The van der Waals surface area contributed by atoms with E-state index in [4.69, 9.17) is 9.72 Å². The maximum absolute atomic E-state index is 13.6. The van der Waals surface area contributed by atoms with Gasteiger partial charge in [-0.1, -0.05) is 32.0 Å². The third-order valence-electron chi connectivity index (χ3n) is 5.41. The average molecular weight is 406 g/mol. The fraction of sp³-hybridized carbons (Fsp3) is 0.391. The van der Waals surface area contributed by atoms with Crippen LogP contribution in [0.4, 0.5) is 5.95 Å². The van der Waals surface area contributed by atoms with E-state index in [9.17, 15) is 9.59 Å². The first-order chi connectivity index (χ1) is 14.5. The zero-order valence-corrected chi connectivity index (χ0v) is 17.5. The van der Waals surface area contributed by atoms with Gasteiger partial charge in [0, 0.05) is 12.7 Å². The van der Waals surface area contributed by atoms with Crippen LogP contribution in [0.3, 0.4) is 0 Å². The molecular weight excluding hydrogens is 380 g/mol. The molecule has 7 nitrogen and oxygen atoms in total. The predicted octanol–water partition coefficient (Wildman–Crippen LogP) is 3.59. The molecule has 0 aliphatic carbocycles. The minimum absolute atomic E-state index is 0.209. The number of nitrogens with zero attached hydrogens (tertiary/aromatic N) is 4. The SMILES string of the molecule is CCOC(=O)[C@@H]1C(=O)N(CCC(C)C)c2nc3ccccc3n2[C@@H]1c1ccccn1. The minimum Gasteiger partial charge on any atom is -0.465 e. The number of esters is 1. The molecule has 2 atom stereocenters. The topological polar surface area (TPSA) is 77.3 Å². The standard InChI is InChI=1S/C23H26N4O3/c1-4-30-22(29)19-20(17-10-7-8-13-24-17)27-18-11-6-5-9-16(18)25-23(27)26(21(19)28)14-12-15(2)3/h5-11,13,15,19-20H,4,12,14H2,1-3H3/t19-,20+/m0/s1. The van der Waals surface area contributed by atoms with Crippen molar-refractivity contribution in [3.05, 3.63) is 54.4 Å². The number of anilines is 1. The third-order valence-corrected chi connectivity index (χ3v) is 5.41. The zero-order chi connectivity index (χ0) is 21.3. The second kappa shape index (κ2) is 8.26. The summed E-state index contributed by atoms with van der Waals surface area (Å²) in [5, 5.41) is 0. The summed E-state index contributed by atoms with van der Waals surface area (Å²) < 4.78 is 7.31. The molecule has 2 aromatic heterocycles. The largest absolute Gasteiger partial charge is 0.465 e. The molecule has 1 aliphatic heterocycles. The van der Waals surface area contributed by atoms with Gasteiger partial charge in [0.05, 0.1) is 23.3 Å². The number of pyridine rings is 1. The Kier molecular flexibility index (Phi) is 5.53. The smallest absolute Gasteiger partial charge is 0.321 e. The van der Waals surface area contributed by atoms with Crippen molar-refractivity contribution in [3.63, 3.8) is 0 Å².